The molecule has 11 heteroatoms. The van der Waals surface area contributed by atoms with Crippen molar-refractivity contribution in [3.05, 3.63) is 76.9 Å². The van der Waals surface area contributed by atoms with E-state index in [0.717, 1.165) is 37.8 Å². The predicted molar refractivity (Wildman–Crippen MR) is 152 cm³/mol. The largest absolute Gasteiger partial charge is 0.573 e. The van der Waals surface area contributed by atoms with Crippen LogP contribution in [0, 0.1) is 6.92 Å². The highest BCUT2D eigenvalue weighted by atomic mass is 35.5. The molecular weight excluding hydrogens is 575 g/mol. The van der Waals surface area contributed by atoms with Crippen molar-refractivity contribution in [3.63, 3.8) is 0 Å². The first-order valence-corrected chi connectivity index (χ1v) is 13.7. The number of fused-ring (bicyclic) bond motifs is 1. The van der Waals surface area contributed by atoms with Crippen LogP contribution in [0.5, 0.6) is 23.0 Å². The number of halogens is 4. The second kappa shape index (κ2) is 13.8. The first kappa shape index (κ1) is 30.9. The fourth-order valence-corrected chi connectivity index (χ4v) is 4.54. The van der Waals surface area contributed by atoms with E-state index in [2.05, 4.69) is 16.6 Å². The number of aromatic nitrogens is 1. The summed E-state index contributed by atoms with van der Waals surface area (Å²) in [4.78, 5) is 17.4. The van der Waals surface area contributed by atoms with Gasteiger partial charge in [0.2, 0.25) is 0 Å². The first-order valence-electron chi connectivity index (χ1n) is 13.3. The van der Waals surface area contributed by atoms with Crippen LogP contribution in [0.1, 0.15) is 43.9 Å². The van der Waals surface area contributed by atoms with Crippen LogP contribution < -0.4 is 14.2 Å². The molecule has 4 rings (SSSR count). The molecule has 0 bridgehead atoms. The standard InChI is InChI=1S/C31H29ClF3NO6/c1-3-4-5-6-15-39-30(38)41-29-25-17-26(32)21(18-37)16-27(25)36-19(2)28(29)20-7-9-22(10-8-20)40-23-11-13-24(14-12-23)42-31(33,34)35/h7-14,16-17,37H,3-6,15,18H2,1-2H3. The molecule has 0 atom stereocenters. The zero-order valence-electron chi connectivity index (χ0n) is 23.0. The number of ether oxygens (including phenoxy) is 4. The van der Waals surface area contributed by atoms with Gasteiger partial charge in [-0.25, -0.2) is 4.79 Å². The number of unbranched alkanes of at least 4 members (excludes halogenated alkanes) is 3. The highest BCUT2D eigenvalue weighted by Gasteiger charge is 2.31. The van der Waals surface area contributed by atoms with Gasteiger partial charge in [-0.05, 0) is 73.0 Å². The number of hydrogen-bond donors (Lipinski definition) is 1. The van der Waals surface area contributed by atoms with Crippen LogP contribution in [-0.2, 0) is 11.3 Å². The quantitative estimate of drug-likeness (QED) is 0.135. The monoisotopic (exact) mass is 603 g/mol. The molecule has 0 aliphatic rings. The molecule has 42 heavy (non-hydrogen) atoms. The average molecular weight is 604 g/mol. The van der Waals surface area contributed by atoms with Crippen molar-refractivity contribution < 1.29 is 42.0 Å². The van der Waals surface area contributed by atoms with E-state index < -0.39 is 12.5 Å². The number of carbonyl (C=O) groups is 1. The molecule has 3 aromatic carbocycles. The summed E-state index contributed by atoms with van der Waals surface area (Å²) in [5.41, 5.74) is 2.68. The Kier molecular flexibility index (Phi) is 10.1. The van der Waals surface area contributed by atoms with E-state index >= 15 is 0 Å². The molecule has 0 fully saturated rings. The number of aryl methyl sites for hydroxylation is 1. The number of aliphatic hydroxyl groups is 1. The third kappa shape index (κ3) is 8.04. The summed E-state index contributed by atoms with van der Waals surface area (Å²) in [5, 5.41) is 10.4. The van der Waals surface area contributed by atoms with Crippen LogP contribution in [0.4, 0.5) is 18.0 Å². The van der Waals surface area contributed by atoms with Crippen LogP contribution >= 0.6 is 11.6 Å². The lowest BCUT2D eigenvalue weighted by Crippen LogP contribution is -2.16. The average Bonchev–Trinajstić information content (AvgIpc) is 2.94. The number of carbonyl (C=O) groups excluding carboxylic acids is 1. The Hall–Kier alpha value is -4.02. The van der Waals surface area contributed by atoms with Gasteiger partial charge >= 0.3 is 12.5 Å². The molecule has 0 aliphatic heterocycles. The van der Waals surface area contributed by atoms with Crippen LogP contribution in [0.2, 0.25) is 5.02 Å². The summed E-state index contributed by atoms with van der Waals surface area (Å²) in [6.45, 7) is 3.79. The van der Waals surface area contributed by atoms with Gasteiger partial charge in [0.05, 0.1) is 18.7 Å². The molecule has 0 unspecified atom stereocenters. The van der Waals surface area contributed by atoms with E-state index in [1.165, 1.54) is 12.1 Å². The van der Waals surface area contributed by atoms with Gasteiger partial charge in [0.1, 0.15) is 17.2 Å². The second-order valence-electron chi connectivity index (χ2n) is 9.43. The maximum atomic E-state index is 12.7. The Labute approximate surface area is 245 Å². The highest BCUT2D eigenvalue weighted by molar-refractivity contribution is 6.32. The van der Waals surface area contributed by atoms with E-state index in [9.17, 15) is 23.1 Å². The van der Waals surface area contributed by atoms with E-state index in [0.29, 0.717) is 44.8 Å². The number of rotatable bonds is 11. The Bertz CT molecular complexity index is 1530. The van der Waals surface area contributed by atoms with Crippen LogP contribution in [0.3, 0.4) is 0 Å². The van der Waals surface area contributed by atoms with Crippen molar-refractivity contribution in [3.8, 4) is 34.1 Å². The normalized spacial score (nSPS) is 11.4. The Morgan fingerprint density at radius 2 is 1.60 bits per heavy atom. The molecule has 0 spiro atoms. The van der Waals surface area contributed by atoms with E-state index in [4.69, 9.17) is 25.8 Å². The third-order valence-corrected chi connectivity index (χ3v) is 6.65. The molecule has 0 saturated heterocycles. The van der Waals surface area contributed by atoms with Crippen LogP contribution in [-0.4, -0.2) is 29.2 Å². The van der Waals surface area contributed by atoms with Crippen molar-refractivity contribution >= 4 is 28.7 Å². The third-order valence-electron chi connectivity index (χ3n) is 6.30. The molecule has 0 amide bonds. The summed E-state index contributed by atoms with van der Waals surface area (Å²) in [5.74, 6) is 0.569. The number of benzene rings is 3. The number of hydrogen-bond acceptors (Lipinski definition) is 7. The zero-order chi connectivity index (χ0) is 30.3. The lowest BCUT2D eigenvalue weighted by Gasteiger charge is -2.17. The van der Waals surface area contributed by atoms with Crippen molar-refractivity contribution in [2.24, 2.45) is 0 Å². The molecule has 1 heterocycles. The van der Waals surface area contributed by atoms with Gasteiger partial charge in [0, 0.05) is 21.7 Å². The minimum atomic E-state index is -4.78. The maximum absolute atomic E-state index is 12.7. The molecule has 1 N–H and O–H groups in total. The summed E-state index contributed by atoms with van der Waals surface area (Å²) in [7, 11) is 0. The van der Waals surface area contributed by atoms with Crippen molar-refractivity contribution in [2.45, 2.75) is 52.5 Å². The fraction of sp³-hybridized carbons (Fsp3) is 0.290. The lowest BCUT2D eigenvalue weighted by atomic mass is 9.99. The van der Waals surface area contributed by atoms with Gasteiger partial charge in [-0.15, -0.1) is 13.2 Å². The zero-order valence-corrected chi connectivity index (χ0v) is 23.7. The van der Waals surface area contributed by atoms with E-state index in [1.54, 1.807) is 43.3 Å². The van der Waals surface area contributed by atoms with Gasteiger partial charge in [-0.2, -0.15) is 0 Å². The minimum Gasteiger partial charge on any atom is -0.457 e. The van der Waals surface area contributed by atoms with E-state index in [-0.39, 0.29) is 29.7 Å². The summed E-state index contributed by atoms with van der Waals surface area (Å²) >= 11 is 6.38. The summed E-state index contributed by atoms with van der Waals surface area (Å²) in [6, 6.07) is 15.0. The second-order valence-corrected chi connectivity index (χ2v) is 9.83. The minimum absolute atomic E-state index is 0.205. The van der Waals surface area contributed by atoms with Crippen molar-refractivity contribution in [1.29, 1.82) is 0 Å². The van der Waals surface area contributed by atoms with E-state index in [1.807, 2.05) is 0 Å². The van der Waals surface area contributed by atoms with Gasteiger partial charge in [-0.3, -0.25) is 4.98 Å². The number of aliphatic hydroxyl groups excluding tert-OH is 1. The van der Waals surface area contributed by atoms with Gasteiger partial charge in [0.15, 0.2) is 5.75 Å². The summed E-state index contributed by atoms with van der Waals surface area (Å²) < 4.78 is 58.0. The van der Waals surface area contributed by atoms with Crippen molar-refractivity contribution in [1.82, 2.24) is 4.98 Å². The highest BCUT2D eigenvalue weighted by Crippen LogP contribution is 2.41. The van der Waals surface area contributed by atoms with Gasteiger partial charge in [0.25, 0.3) is 0 Å². The Morgan fingerprint density at radius 3 is 2.21 bits per heavy atom. The van der Waals surface area contributed by atoms with Gasteiger partial charge in [-0.1, -0.05) is 49.9 Å². The SMILES string of the molecule is CCCCCCOC(=O)Oc1c(-c2ccc(Oc3ccc(OC(F)(F)F)cc3)cc2)c(C)nc2cc(CO)c(Cl)cc12. The van der Waals surface area contributed by atoms with Gasteiger partial charge < -0.3 is 24.1 Å². The molecule has 0 radical (unpaired) electrons. The van der Waals surface area contributed by atoms with Crippen molar-refractivity contribution in [2.75, 3.05) is 6.61 Å². The Morgan fingerprint density at radius 1 is 0.952 bits per heavy atom. The topological polar surface area (TPSA) is 87.1 Å². The number of alkyl halides is 3. The fourth-order valence-electron chi connectivity index (χ4n) is 4.31. The molecule has 0 saturated carbocycles. The van der Waals surface area contributed by atoms with Crippen LogP contribution in [0.25, 0.3) is 22.0 Å². The molecular formula is C31H29ClF3NO6. The molecule has 7 nitrogen and oxygen atoms in total. The number of nitrogens with zero attached hydrogens (tertiary/aromatic N) is 1. The molecule has 1 aromatic heterocycles. The number of pyridine rings is 1. The van der Waals surface area contributed by atoms with Crippen LogP contribution in [0.15, 0.2) is 60.7 Å². The Balaban J connectivity index is 1.62. The first-order chi connectivity index (χ1) is 20.1. The predicted octanol–water partition coefficient (Wildman–Crippen LogP) is 9.14. The summed E-state index contributed by atoms with van der Waals surface area (Å²) in [6.07, 6.45) is -1.89. The lowest BCUT2D eigenvalue weighted by molar-refractivity contribution is -0.274. The molecule has 0 aliphatic carbocycles. The molecule has 4 aromatic rings. The smallest absolute Gasteiger partial charge is 0.457 e. The molecule has 222 valence electrons. The maximum Gasteiger partial charge on any atom is 0.573 e.